The summed E-state index contributed by atoms with van der Waals surface area (Å²) in [6, 6.07) is 4.79. The van der Waals surface area contributed by atoms with Gasteiger partial charge in [0.2, 0.25) is 0 Å². The lowest BCUT2D eigenvalue weighted by molar-refractivity contribution is 0.301. The number of benzene rings is 1. The second-order valence-electron chi connectivity index (χ2n) is 3.67. The number of rotatable bonds is 3. The van der Waals surface area contributed by atoms with Gasteiger partial charge >= 0.3 is 0 Å². The summed E-state index contributed by atoms with van der Waals surface area (Å²) in [7, 11) is 0. The monoisotopic (exact) mass is 221 g/mol. The van der Waals surface area contributed by atoms with Crippen LogP contribution < -0.4 is 5.32 Å². The average Bonchev–Trinajstić information content (AvgIpc) is 2.59. The quantitative estimate of drug-likeness (QED) is 0.864. The Labute approximate surface area is 92.4 Å². The first-order chi connectivity index (χ1) is 7.65. The molecule has 0 bridgehead atoms. The van der Waals surface area contributed by atoms with Crippen molar-refractivity contribution in [1.29, 1.82) is 0 Å². The molecule has 0 aliphatic rings. The fraction of sp³-hybridized carbons (Fsp3) is 0.273. The number of hydrogen-bond acceptors (Lipinski definition) is 4. The Kier molecular flexibility index (Phi) is 2.85. The van der Waals surface area contributed by atoms with Crippen molar-refractivity contribution < 1.29 is 9.02 Å². The second kappa shape index (κ2) is 4.30. The Morgan fingerprint density at radius 2 is 2.06 bits per heavy atom. The maximum atomic E-state index is 13.1. The highest BCUT2D eigenvalue weighted by atomic mass is 19.1. The third-order valence-electron chi connectivity index (χ3n) is 2.25. The van der Waals surface area contributed by atoms with Crippen LogP contribution in [-0.2, 0) is 6.54 Å². The van der Waals surface area contributed by atoms with Crippen molar-refractivity contribution in [2.24, 2.45) is 0 Å². The third kappa shape index (κ3) is 2.36. The van der Waals surface area contributed by atoms with Crippen molar-refractivity contribution in [1.82, 2.24) is 10.3 Å². The van der Waals surface area contributed by atoms with Gasteiger partial charge in [0.1, 0.15) is 17.2 Å². The maximum Gasteiger partial charge on any atom is 0.127 e. The van der Waals surface area contributed by atoms with E-state index in [1.807, 2.05) is 19.9 Å². The lowest BCUT2D eigenvalue weighted by Gasteiger charge is -2.05. The number of halogens is 1. The molecule has 16 heavy (non-hydrogen) atoms. The first kappa shape index (κ1) is 10.6. The van der Waals surface area contributed by atoms with Crippen LogP contribution in [0.1, 0.15) is 17.0 Å². The molecule has 5 heteroatoms. The Morgan fingerprint density at radius 3 is 2.69 bits per heavy atom. The molecule has 1 aromatic carbocycles. The standard InChI is InChI=1S/C11H12FN3O/c1-7-3-9(12)5-10(4-7)13-6-11-8(2)14-16-15-11/h3-5,13H,6H2,1-2H3. The van der Waals surface area contributed by atoms with Gasteiger partial charge in [-0.3, -0.25) is 0 Å². The van der Waals surface area contributed by atoms with E-state index in [0.29, 0.717) is 6.54 Å². The van der Waals surface area contributed by atoms with Crippen LogP contribution in [0.4, 0.5) is 10.1 Å². The SMILES string of the molecule is Cc1cc(F)cc(NCc2nonc2C)c1. The van der Waals surface area contributed by atoms with Crippen LogP contribution in [0.25, 0.3) is 0 Å². The molecule has 4 nitrogen and oxygen atoms in total. The van der Waals surface area contributed by atoms with Crippen molar-refractivity contribution in [3.63, 3.8) is 0 Å². The molecule has 2 rings (SSSR count). The van der Waals surface area contributed by atoms with Crippen LogP contribution in [0, 0.1) is 19.7 Å². The van der Waals surface area contributed by atoms with Crippen LogP contribution in [0.5, 0.6) is 0 Å². The molecule has 2 aromatic rings. The highest BCUT2D eigenvalue weighted by Gasteiger charge is 2.05. The van der Waals surface area contributed by atoms with Gasteiger partial charge in [0.05, 0.1) is 6.54 Å². The van der Waals surface area contributed by atoms with E-state index in [1.165, 1.54) is 12.1 Å². The van der Waals surface area contributed by atoms with Crippen LogP contribution >= 0.6 is 0 Å². The van der Waals surface area contributed by atoms with Crippen molar-refractivity contribution in [2.45, 2.75) is 20.4 Å². The number of aromatic nitrogens is 2. The Hall–Kier alpha value is -1.91. The van der Waals surface area contributed by atoms with Crippen LogP contribution in [0.15, 0.2) is 22.8 Å². The van der Waals surface area contributed by atoms with E-state index in [4.69, 9.17) is 0 Å². The van der Waals surface area contributed by atoms with E-state index in [-0.39, 0.29) is 5.82 Å². The van der Waals surface area contributed by atoms with E-state index in [9.17, 15) is 4.39 Å². The Bertz CT molecular complexity index is 475. The highest BCUT2D eigenvalue weighted by molar-refractivity contribution is 5.46. The zero-order valence-electron chi connectivity index (χ0n) is 9.12. The lowest BCUT2D eigenvalue weighted by Crippen LogP contribution is -2.01. The molecule has 0 radical (unpaired) electrons. The van der Waals surface area contributed by atoms with E-state index < -0.39 is 0 Å². The van der Waals surface area contributed by atoms with Gasteiger partial charge in [0.15, 0.2) is 0 Å². The molecule has 0 aliphatic heterocycles. The maximum absolute atomic E-state index is 13.1. The molecular weight excluding hydrogens is 209 g/mol. The first-order valence-corrected chi connectivity index (χ1v) is 4.94. The summed E-state index contributed by atoms with van der Waals surface area (Å²) in [4.78, 5) is 0. The van der Waals surface area contributed by atoms with Gasteiger partial charge in [-0.05, 0) is 37.6 Å². The summed E-state index contributed by atoms with van der Waals surface area (Å²) in [5, 5.41) is 10.5. The molecular formula is C11H12FN3O. The van der Waals surface area contributed by atoms with Crippen molar-refractivity contribution in [3.05, 3.63) is 41.0 Å². The molecule has 1 aromatic heterocycles. The van der Waals surface area contributed by atoms with Gasteiger partial charge in [-0.25, -0.2) is 9.02 Å². The number of nitrogens with zero attached hydrogens (tertiary/aromatic N) is 2. The summed E-state index contributed by atoms with van der Waals surface area (Å²) in [5.41, 5.74) is 3.06. The molecule has 84 valence electrons. The van der Waals surface area contributed by atoms with Gasteiger partial charge in [-0.1, -0.05) is 10.3 Å². The predicted molar refractivity (Wildman–Crippen MR) is 57.5 cm³/mol. The second-order valence-corrected chi connectivity index (χ2v) is 3.67. The van der Waals surface area contributed by atoms with E-state index >= 15 is 0 Å². The molecule has 0 spiro atoms. The Morgan fingerprint density at radius 1 is 1.25 bits per heavy atom. The van der Waals surface area contributed by atoms with Crippen LogP contribution in [0.3, 0.4) is 0 Å². The van der Waals surface area contributed by atoms with Gasteiger partial charge in [0, 0.05) is 5.69 Å². The molecule has 0 saturated carbocycles. The normalized spacial score (nSPS) is 10.4. The Balaban J connectivity index is 2.07. The number of nitrogens with one attached hydrogen (secondary N) is 1. The zero-order valence-corrected chi connectivity index (χ0v) is 9.12. The summed E-state index contributed by atoms with van der Waals surface area (Å²) >= 11 is 0. The van der Waals surface area contributed by atoms with Gasteiger partial charge in [0.25, 0.3) is 0 Å². The van der Waals surface area contributed by atoms with Crippen LogP contribution in [-0.4, -0.2) is 10.3 Å². The molecule has 0 atom stereocenters. The fourth-order valence-corrected chi connectivity index (χ4v) is 1.43. The summed E-state index contributed by atoms with van der Waals surface area (Å²) in [6.07, 6.45) is 0. The van der Waals surface area contributed by atoms with Crippen molar-refractivity contribution in [3.8, 4) is 0 Å². The number of hydrogen-bond donors (Lipinski definition) is 1. The minimum Gasteiger partial charge on any atom is -0.379 e. The third-order valence-corrected chi connectivity index (χ3v) is 2.25. The molecule has 0 unspecified atom stereocenters. The summed E-state index contributed by atoms with van der Waals surface area (Å²) < 4.78 is 17.7. The summed E-state index contributed by atoms with van der Waals surface area (Å²) in [6.45, 7) is 4.12. The molecule has 1 heterocycles. The molecule has 0 fully saturated rings. The minimum atomic E-state index is -0.252. The van der Waals surface area contributed by atoms with E-state index in [1.54, 1.807) is 0 Å². The van der Waals surface area contributed by atoms with Gasteiger partial charge in [-0.15, -0.1) is 0 Å². The fourth-order valence-electron chi connectivity index (χ4n) is 1.43. The largest absolute Gasteiger partial charge is 0.379 e. The van der Waals surface area contributed by atoms with Gasteiger partial charge < -0.3 is 5.32 Å². The van der Waals surface area contributed by atoms with Crippen molar-refractivity contribution in [2.75, 3.05) is 5.32 Å². The lowest BCUT2D eigenvalue weighted by atomic mass is 10.2. The molecule has 1 N–H and O–H groups in total. The average molecular weight is 221 g/mol. The molecule has 0 amide bonds. The smallest absolute Gasteiger partial charge is 0.127 e. The highest BCUT2D eigenvalue weighted by Crippen LogP contribution is 2.14. The first-order valence-electron chi connectivity index (χ1n) is 4.94. The zero-order chi connectivity index (χ0) is 11.5. The van der Waals surface area contributed by atoms with Crippen molar-refractivity contribution >= 4 is 5.69 Å². The van der Waals surface area contributed by atoms with Crippen LogP contribution in [0.2, 0.25) is 0 Å². The van der Waals surface area contributed by atoms with E-state index in [0.717, 1.165) is 22.6 Å². The van der Waals surface area contributed by atoms with E-state index in [2.05, 4.69) is 20.3 Å². The van der Waals surface area contributed by atoms with Gasteiger partial charge in [-0.2, -0.15) is 0 Å². The predicted octanol–water partition coefficient (Wildman–Crippen LogP) is 2.44. The minimum absolute atomic E-state index is 0.252. The number of aryl methyl sites for hydroxylation is 2. The summed E-state index contributed by atoms with van der Waals surface area (Å²) in [5.74, 6) is -0.252. The number of anilines is 1. The topological polar surface area (TPSA) is 51.0 Å². The molecule has 0 aliphatic carbocycles. The molecule has 0 saturated heterocycles.